The SMILES string of the molecule is Cc1ccc(-n2c(SCCC(=O)NC(=O)NC3CCCC3)nc3ccccc3c2=O)c(C)c1. The number of imide groups is 1. The van der Waals surface area contributed by atoms with Crippen LogP contribution in [0.5, 0.6) is 0 Å². The summed E-state index contributed by atoms with van der Waals surface area (Å²) < 4.78 is 1.62. The van der Waals surface area contributed by atoms with Crippen molar-refractivity contribution in [2.75, 3.05) is 5.75 Å². The number of amides is 3. The van der Waals surface area contributed by atoms with Crippen LogP contribution in [0.3, 0.4) is 0 Å². The Kier molecular flexibility index (Phi) is 7.13. The Labute approximate surface area is 197 Å². The number of aryl methyl sites for hydroxylation is 2. The molecular formula is C25H28N4O3S. The molecule has 4 rings (SSSR count). The largest absolute Gasteiger partial charge is 0.335 e. The fourth-order valence-electron chi connectivity index (χ4n) is 4.19. The molecule has 1 aliphatic carbocycles. The molecule has 1 fully saturated rings. The smallest absolute Gasteiger partial charge is 0.321 e. The Morgan fingerprint density at radius 2 is 1.88 bits per heavy atom. The van der Waals surface area contributed by atoms with Gasteiger partial charge in [0.05, 0.1) is 16.6 Å². The second-order valence-corrected chi connectivity index (χ2v) is 9.51. The van der Waals surface area contributed by atoms with E-state index in [-0.39, 0.29) is 23.9 Å². The van der Waals surface area contributed by atoms with Crippen LogP contribution in [0.15, 0.2) is 52.4 Å². The van der Waals surface area contributed by atoms with Crippen molar-refractivity contribution in [3.63, 3.8) is 0 Å². The minimum Gasteiger partial charge on any atom is -0.335 e. The summed E-state index contributed by atoms with van der Waals surface area (Å²) in [5, 5.41) is 6.32. The van der Waals surface area contributed by atoms with Gasteiger partial charge in [-0.2, -0.15) is 0 Å². The molecule has 7 nitrogen and oxygen atoms in total. The van der Waals surface area contributed by atoms with Gasteiger partial charge in [0, 0.05) is 18.2 Å². The zero-order chi connectivity index (χ0) is 23.4. The number of urea groups is 1. The quantitative estimate of drug-likeness (QED) is 0.420. The number of nitrogens with zero attached hydrogens (tertiary/aromatic N) is 2. The molecule has 0 radical (unpaired) electrons. The summed E-state index contributed by atoms with van der Waals surface area (Å²) >= 11 is 1.33. The van der Waals surface area contributed by atoms with Crippen LogP contribution in [-0.2, 0) is 4.79 Å². The molecule has 2 aromatic carbocycles. The van der Waals surface area contributed by atoms with Crippen molar-refractivity contribution in [3.8, 4) is 5.69 Å². The first-order chi connectivity index (χ1) is 15.9. The van der Waals surface area contributed by atoms with Crippen molar-refractivity contribution in [2.45, 2.75) is 57.1 Å². The second-order valence-electron chi connectivity index (χ2n) is 8.44. The maximum Gasteiger partial charge on any atom is 0.321 e. The van der Waals surface area contributed by atoms with E-state index in [0.717, 1.165) is 42.5 Å². The fourth-order valence-corrected chi connectivity index (χ4v) is 5.14. The third kappa shape index (κ3) is 5.45. The Bertz CT molecular complexity index is 1250. The van der Waals surface area contributed by atoms with Gasteiger partial charge in [-0.3, -0.25) is 19.5 Å². The molecule has 172 valence electrons. The number of nitrogens with one attached hydrogen (secondary N) is 2. The number of aromatic nitrogens is 2. The van der Waals surface area contributed by atoms with Gasteiger partial charge in [0.1, 0.15) is 0 Å². The first-order valence-corrected chi connectivity index (χ1v) is 12.2. The van der Waals surface area contributed by atoms with Gasteiger partial charge in [-0.15, -0.1) is 0 Å². The first kappa shape index (κ1) is 23.0. The van der Waals surface area contributed by atoms with E-state index in [4.69, 9.17) is 4.98 Å². The molecule has 1 aliphatic rings. The summed E-state index contributed by atoms with van der Waals surface area (Å²) in [6, 6.07) is 12.9. The van der Waals surface area contributed by atoms with Gasteiger partial charge in [-0.05, 0) is 50.5 Å². The second kappa shape index (κ2) is 10.2. The number of carbonyl (C=O) groups excluding carboxylic acids is 2. The third-order valence-corrected chi connectivity index (χ3v) is 6.78. The van der Waals surface area contributed by atoms with Crippen LogP contribution in [0.25, 0.3) is 16.6 Å². The van der Waals surface area contributed by atoms with Gasteiger partial charge in [-0.25, -0.2) is 9.78 Å². The lowest BCUT2D eigenvalue weighted by atomic mass is 10.1. The summed E-state index contributed by atoms with van der Waals surface area (Å²) in [6.45, 7) is 3.98. The monoisotopic (exact) mass is 464 g/mol. The van der Waals surface area contributed by atoms with Crippen LogP contribution in [-0.4, -0.2) is 33.3 Å². The standard InChI is InChI=1S/C25H28N4O3S/c1-16-11-12-21(17(2)15-16)29-23(31)19-9-5-6-10-20(19)27-25(29)33-14-13-22(30)28-24(32)26-18-7-3-4-8-18/h5-6,9-12,15,18H,3-4,7-8,13-14H2,1-2H3,(H2,26,28,30,32). The zero-order valence-corrected chi connectivity index (χ0v) is 19.7. The van der Waals surface area contributed by atoms with Crippen LogP contribution in [0.4, 0.5) is 4.79 Å². The van der Waals surface area contributed by atoms with E-state index >= 15 is 0 Å². The topological polar surface area (TPSA) is 93.1 Å². The van der Waals surface area contributed by atoms with Gasteiger partial charge >= 0.3 is 6.03 Å². The molecule has 1 heterocycles. The predicted octanol–water partition coefficient (Wildman–Crippen LogP) is 4.25. The Morgan fingerprint density at radius 1 is 1.12 bits per heavy atom. The number of carbonyl (C=O) groups is 2. The van der Waals surface area contributed by atoms with Crippen molar-refractivity contribution < 1.29 is 9.59 Å². The molecule has 1 saturated carbocycles. The van der Waals surface area contributed by atoms with E-state index in [1.54, 1.807) is 10.6 Å². The summed E-state index contributed by atoms with van der Waals surface area (Å²) in [7, 11) is 0. The number of fused-ring (bicyclic) bond motifs is 1. The lowest BCUT2D eigenvalue weighted by Crippen LogP contribution is -2.43. The fraction of sp³-hybridized carbons (Fsp3) is 0.360. The van der Waals surface area contributed by atoms with Crippen molar-refractivity contribution >= 4 is 34.6 Å². The average molecular weight is 465 g/mol. The van der Waals surface area contributed by atoms with Crippen molar-refractivity contribution in [2.24, 2.45) is 0 Å². The van der Waals surface area contributed by atoms with Gasteiger partial charge in [0.25, 0.3) is 5.56 Å². The Balaban J connectivity index is 1.51. The summed E-state index contributed by atoms with van der Waals surface area (Å²) in [4.78, 5) is 42.4. The van der Waals surface area contributed by atoms with E-state index in [1.165, 1.54) is 11.8 Å². The summed E-state index contributed by atoms with van der Waals surface area (Å²) in [6.07, 6.45) is 4.27. The Hall–Kier alpha value is -3.13. The van der Waals surface area contributed by atoms with Gasteiger partial charge < -0.3 is 5.32 Å². The minimum atomic E-state index is -0.437. The number of hydrogen-bond donors (Lipinski definition) is 2. The molecule has 0 saturated heterocycles. The van der Waals surface area contributed by atoms with Crippen molar-refractivity contribution in [3.05, 3.63) is 63.9 Å². The lowest BCUT2D eigenvalue weighted by molar-refractivity contribution is -0.119. The summed E-state index contributed by atoms with van der Waals surface area (Å²) in [5.41, 5.74) is 3.32. The van der Waals surface area contributed by atoms with Crippen LogP contribution >= 0.6 is 11.8 Å². The van der Waals surface area contributed by atoms with Gasteiger partial charge in [-0.1, -0.05) is 54.4 Å². The molecular weight excluding hydrogens is 436 g/mol. The molecule has 33 heavy (non-hydrogen) atoms. The normalized spacial score (nSPS) is 13.9. The average Bonchev–Trinajstić information content (AvgIpc) is 3.28. The summed E-state index contributed by atoms with van der Waals surface area (Å²) in [5.74, 6) is 0.0392. The van der Waals surface area contributed by atoms with E-state index in [0.29, 0.717) is 21.8 Å². The van der Waals surface area contributed by atoms with Crippen LogP contribution in [0.1, 0.15) is 43.2 Å². The van der Waals surface area contributed by atoms with E-state index < -0.39 is 6.03 Å². The molecule has 0 aliphatic heterocycles. The molecule has 0 bridgehead atoms. The molecule has 0 atom stereocenters. The van der Waals surface area contributed by atoms with Gasteiger partial charge in [0.15, 0.2) is 5.16 Å². The van der Waals surface area contributed by atoms with Crippen LogP contribution in [0, 0.1) is 13.8 Å². The molecule has 1 aromatic heterocycles. The molecule has 3 aromatic rings. The Morgan fingerprint density at radius 3 is 2.64 bits per heavy atom. The maximum absolute atomic E-state index is 13.4. The maximum atomic E-state index is 13.4. The molecule has 3 amide bonds. The highest BCUT2D eigenvalue weighted by molar-refractivity contribution is 7.99. The van der Waals surface area contributed by atoms with E-state index in [9.17, 15) is 14.4 Å². The highest BCUT2D eigenvalue weighted by atomic mass is 32.2. The number of para-hydroxylation sites is 1. The van der Waals surface area contributed by atoms with E-state index in [2.05, 4.69) is 10.6 Å². The van der Waals surface area contributed by atoms with E-state index in [1.807, 2.05) is 50.2 Å². The minimum absolute atomic E-state index is 0.137. The predicted molar refractivity (Wildman–Crippen MR) is 131 cm³/mol. The molecule has 2 N–H and O–H groups in total. The molecule has 8 heteroatoms. The third-order valence-electron chi connectivity index (χ3n) is 5.84. The first-order valence-electron chi connectivity index (χ1n) is 11.2. The molecule has 0 spiro atoms. The van der Waals surface area contributed by atoms with Crippen LogP contribution < -0.4 is 16.2 Å². The van der Waals surface area contributed by atoms with Crippen LogP contribution in [0.2, 0.25) is 0 Å². The number of thioether (sulfide) groups is 1. The van der Waals surface area contributed by atoms with Gasteiger partial charge in [0.2, 0.25) is 5.91 Å². The number of benzene rings is 2. The van der Waals surface area contributed by atoms with Crippen molar-refractivity contribution in [1.29, 1.82) is 0 Å². The highest BCUT2D eigenvalue weighted by Gasteiger charge is 2.19. The highest BCUT2D eigenvalue weighted by Crippen LogP contribution is 2.24. The van der Waals surface area contributed by atoms with Crippen molar-refractivity contribution in [1.82, 2.24) is 20.2 Å². The zero-order valence-electron chi connectivity index (χ0n) is 18.9. The lowest BCUT2D eigenvalue weighted by Gasteiger charge is -2.15. The number of rotatable bonds is 6. The molecule has 0 unspecified atom stereocenters. The number of hydrogen-bond acceptors (Lipinski definition) is 5.